The van der Waals surface area contributed by atoms with Gasteiger partial charge in [0.2, 0.25) is 0 Å². The van der Waals surface area contributed by atoms with E-state index >= 15 is 0 Å². The van der Waals surface area contributed by atoms with Gasteiger partial charge in [0.1, 0.15) is 43.2 Å². The van der Waals surface area contributed by atoms with E-state index in [9.17, 15) is 25.9 Å². The van der Waals surface area contributed by atoms with Crippen LogP contribution in [0.15, 0.2) is 107 Å². The van der Waals surface area contributed by atoms with Crippen LogP contribution in [0.2, 0.25) is 0 Å². The summed E-state index contributed by atoms with van der Waals surface area (Å²) in [5, 5.41) is 0. The van der Waals surface area contributed by atoms with Crippen LogP contribution in [0.1, 0.15) is 153 Å². The van der Waals surface area contributed by atoms with Gasteiger partial charge in [-0.05, 0) is 74.2 Å². The largest absolute Gasteiger partial charge is 2.00 e. The van der Waals surface area contributed by atoms with E-state index in [-0.39, 0.29) is 47.5 Å². The van der Waals surface area contributed by atoms with E-state index in [1.807, 2.05) is 60.7 Å². The second-order valence-corrected chi connectivity index (χ2v) is 17.8. The van der Waals surface area contributed by atoms with E-state index in [0.29, 0.717) is 47.0 Å². The Balaban J connectivity index is 0.000000400. The fraction of sp³-hybridized carbons (Fsp3) is 0.500. The SMILES string of the molecule is CCCCCCCCCCCCc1c(Oc2ccccc2)cccc1S(=O)(=O)[O-].CCCCCCCCCCCCc1c(Oc2ccccc2)cccc1S(=O)(=O)[O-].[Ca+2]. The minimum atomic E-state index is -4.54. The van der Waals surface area contributed by atoms with E-state index in [1.165, 1.54) is 102 Å². The monoisotopic (exact) mass is 874 g/mol. The van der Waals surface area contributed by atoms with Crippen LogP contribution in [-0.4, -0.2) is 63.7 Å². The molecule has 0 amide bonds. The van der Waals surface area contributed by atoms with Crippen molar-refractivity contribution in [1.29, 1.82) is 0 Å². The van der Waals surface area contributed by atoms with Crippen LogP contribution in [0, 0.1) is 0 Å². The quantitative estimate of drug-likeness (QED) is 0.0313. The maximum Gasteiger partial charge on any atom is 2.00 e. The van der Waals surface area contributed by atoms with Crippen LogP contribution in [0.4, 0.5) is 0 Å². The molecule has 0 saturated carbocycles. The van der Waals surface area contributed by atoms with Gasteiger partial charge < -0.3 is 18.6 Å². The van der Waals surface area contributed by atoms with Crippen LogP contribution in [0.5, 0.6) is 23.0 Å². The number of para-hydroxylation sites is 2. The Bertz CT molecular complexity index is 1780. The summed E-state index contributed by atoms with van der Waals surface area (Å²) in [4.78, 5) is -0.330. The molecule has 0 saturated heterocycles. The molecule has 11 heteroatoms. The van der Waals surface area contributed by atoms with E-state index in [2.05, 4.69) is 13.8 Å². The average Bonchev–Trinajstić information content (AvgIpc) is 3.20. The van der Waals surface area contributed by atoms with Crippen LogP contribution < -0.4 is 9.47 Å². The van der Waals surface area contributed by atoms with Gasteiger partial charge in [-0.1, -0.05) is 178 Å². The van der Waals surface area contributed by atoms with Gasteiger partial charge in [-0.15, -0.1) is 0 Å². The van der Waals surface area contributed by atoms with Gasteiger partial charge in [0.05, 0.1) is 9.79 Å². The number of rotatable bonds is 28. The van der Waals surface area contributed by atoms with Crippen molar-refractivity contribution >= 4 is 58.0 Å². The summed E-state index contributed by atoms with van der Waals surface area (Å²) in [5.74, 6) is 2.14. The molecule has 0 aliphatic heterocycles. The molecule has 0 unspecified atom stereocenters. The molecule has 0 atom stereocenters. The maximum absolute atomic E-state index is 11.7. The third-order valence-electron chi connectivity index (χ3n) is 10.2. The second kappa shape index (κ2) is 30.6. The Morgan fingerprint density at radius 2 is 0.678 bits per heavy atom. The van der Waals surface area contributed by atoms with E-state index < -0.39 is 20.2 Å². The minimum Gasteiger partial charge on any atom is -0.744 e. The molecule has 0 heterocycles. The van der Waals surface area contributed by atoms with Crippen LogP contribution in [0.3, 0.4) is 0 Å². The summed E-state index contributed by atoms with van der Waals surface area (Å²) >= 11 is 0. The predicted molar refractivity (Wildman–Crippen MR) is 239 cm³/mol. The van der Waals surface area contributed by atoms with Gasteiger partial charge in [-0.3, -0.25) is 0 Å². The van der Waals surface area contributed by atoms with Crippen molar-refractivity contribution < 1.29 is 35.4 Å². The summed E-state index contributed by atoms with van der Waals surface area (Å²) in [6.45, 7) is 4.46. The first kappa shape index (κ1) is 52.7. The zero-order chi connectivity index (χ0) is 41.9. The smallest absolute Gasteiger partial charge is 0.744 e. The summed E-state index contributed by atoms with van der Waals surface area (Å²) in [5.41, 5.74) is 0.983. The molecule has 8 nitrogen and oxygen atoms in total. The summed E-state index contributed by atoms with van der Waals surface area (Å²) < 4.78 is 82.1. The first-order chi connectivity index (χ1) is 28.0. The molecule has 4 aromatic rings. The molecule has 0 aliphatic rings. The molecule has 320 valence electrons. The average molecular weight is 875 g/mol. The van der Waals surface area contributed by atoms with Gasteiger partial charge in [-0.25, -0.2) is 16.8 Å². The molecule has 0 aromatic heterocycles. The third kappa shape index (κ3) is 21.8. The summed E-state index contributed by atoms with van der Waals surface area (Å²) in [6, 6.07) is 27.8. The van der Waals surface area contributed by atoms with E-state index in [0.717, 1.165) is 38.5 Å². The van der Waals surface area contributed by atoms with E-state index in [1.54, 1.807) is 24.3 Å². The van der Waals surface area contributed by atoms with Crippen molar-refractivity contribution in [3.63, 3.8) is 0 Å². The van der Waals surface area contributed by atoms with Crippen molar-refractivity contribution in [2.45, 2.75) is 165 Å². The molecule has 4 aromatic carbocycles. The molecule has 0 bridgehead atoms. The molecule has 59 heavy (non-hydrogen) atoms. The topological polar surface area (TPSA) is 133 Å². The Hall–Kier alpha value is -2.44. The number of benzene rings is 4. The second-order valence-electron chi connectivity index (χ2n) is 15.1. The van der Waals surface area contributed by atoms with Crippen molar-refractivity contribution in [2.75, 3.05) is 0 Å². The normalized spacial score (nSPS) is 11.3. The Labute approximate surface area is 386 Å². The standard InChI is InChI=1S/2C24H34O4S.Ca/c2*1-2-3-4-5-6-7-8-9-10-14-18-22-23(28-21-16-12-11-13-17-21)19-15-20-24(22)29(25,26)27;/h2*11-13,15-17,19-20H,2-10,14,18H2,1H3,(H,25,26,27);/q;;+2/p-2. The fourth-order valence-corrected chi connectivity index (χ4v) is 8.55. The number of unbranched alkanes of at least 4 members (excludes halogenated alkanes) is 18. The van der Waals surface area contributed by atoms with Crippen LogP contribution in [0.25, 0.3) is 0 Å². The van der Waals surface area contributed by atoms with Gasteiger partial charge in [-0.2, -0.15) is 0 Å². The minimum absolute atomic E-state index is 0. The molecule has 0 spiro atoms. The molecular weight excluding hydrogens is 809 g/mol. The Morgan fingerprint density at radius 3 is 0.966 bits per heavy atom. The van der Waals surface area contributed by atoms with Crippen molar-refractivity contribution in [2.24, 2.45) is 0 Å². The van der Waals surface area contributed by atoms with Crippen LogP contribution in [-0.2, 0) is 33.1 Å². The van der Waals surface area contributed by atoms with Crippen molar-refractivity contribution in [3.05, 3.63) is 108 Å². The van der Waals surface area contributed by atoms with Crippen molar-refractivity contribution in [3.8, 4) is 23.0 Å². The zero-order valence-electron chi connectivity index (χ0n) is 35.6. The summed E-state index contributed by atoms with van der Waals surface area (Å²) in [6.07, 6.45) is 25.1. The number of hydrogen-bond donors (Lipinski definition) is 0. The molecular formula is C48H66CaO8S2. The first-order valence-corrected chi connectivity index (χ1v) is 24.5. The Morgan fingerprint density at radius 1 is 0.390 bits per heavy atom. The third-order valence-corrected chi connectivity index (χ3v) is 12.1. The molecule has 0 aliphatic carbocycles. The molecule has 0 fully saturated rings. The van der Waals surface area contributed by atoms with Gasteiger partial charge in [0, 0.05) is 11.1 Å². The van der Waals surface area contributed by atoms with Crippen LogP contribution >= 0.6 is 0 Å². The van der Waals surface area contributed by atoms with E-state index in [4.69, 9.17) is 9.47 Å². The zero-order valence-corrected chi connectivity index (χ0v) is 39.4. The molecule has 0 radical (unpaired) electrons. The van der Waals surface area contributed by atoms with Gasteiger partial charge in [0.25, 0.3) is 0 Å². The molecule has 0 N–H and O–H groups in total. The predicted octanol–water partition coefficient (Wildman–Crippen LogP) is 13.3. The number of hydrogen-bond acceptors (Lipinski definition) is 8. The fourth-order valence-electron chi connectivity index (χ4n) is 7.05. The Kier molecular flexibility index (Phi) is 27.3. The molecule has 4 rings (SSSR count). The summed E-state index contributed by atoms with van der Waals surface area (Å²) in [7, 11) is -9.08. The van der Waals surface area contributed by atoms with Crippen molar-refractivity contribution in [1.82, 2.24) is 0 Å². The first-order valence-electron chi connectivity index (χ1n) is 21.7. The number of ether oxygens (including phenoxy) is 2. The maximum atomic E-state index is 11.7. The van der Waals surface area contributed by atoms with Gasteiger partial charge in [0.15, 0.2) is 0 Å². The van der Waals surface area contributed by atoms with Gasteiger partial charge >= 0.3 is 37.7 Å².